The van der Waals surface area contributed by atoms with Crippen LogP contribution in [0.5, 0.6) is 0 Å². The summed E-state index contributed by atoms with van der Waals surface area (Å²) in [4.78, 5) is 3.98. The highest BCUT2D eigenvalue weighted by molar-refractivity contribution is 8.00. The minimum Gasteiger partial charge on any atom is -0.262 e. The highest BCUT2D eigenvalue weighted by Gasteiger charge is 2.61. The van der Waals surface area contributed by atoms with E-state index in [9.17, 15) is 13.2 Å². The van der Waals surface area contributed by atoms with Crippen molar-refractivity contribution >= 4 is 34.9 Å². The number of rotatable bonds is 3. The number of pyridine rings is 1. The Morgan fingerprint density at radius 1 is 1.17 bits per heavy atom. The Hall–Kier alpha value is -1.40. The van der Waals surface area contributed by atoms with Crippen LogP contribution in [0.3, 0.4) is 0 Å². The molecular formula is C17H14ClF3N2S. The minimum atomic E-state index is -4.43. The Labute approximate surface area is 147 Å². The molecule has 1 saturated carbocycles. The molecule has 24 heavy (non-hydrogen) atoms. The molecule has 1 aliphatic heterocycles. The molecular weight excluding hydrogens is 357 g/mol. The highest BCUT2D eigenvalue weighted by Crippen LogP contribution is 2.58. The van der Waals surface area contributed by atoms with E-state index in [4.69, 9.17) is 11.8 Å². The number of hydrogen-bond donors (Lipinski definition) is 0. The van der Waals surface area contributed by atoms with E-state index in [1.807, 2.05) is 0 Å². The standard InChI is InChI=1S/C17H14ClF3N2S/c18-23-14-4-2-1-3-12(14)16(17(19,20)21,10-24-11-5-6-11)13-7-8-22-9-15(13)23/h1-4,7-9,11H,5-6,10H2. The number of nitrogens with zero attached hydrogens (tertiary/aromatic N) is 2. The first kappa shape index (κ1) is 16.1. The predicted octanol–water partition coefficient (Wildman–Crippen LogP) is 5.43. The molecule has 1 aromatic heterocycles. The van der Waals surface area contributed by atoms with Crippen LogP contribution in [0.4, 0.5) is 24.5 Å². The van der Waals surface area contributed by atoms with Gasteiger partial charge in [0.15, 0.2) is 0 Å². The molecule has 1 atom stereocenters. The number of para-hydroxylation sites is 1. The summed E-state index contributed by atoms with van der Waals surface area (Å²) in [6, 6.07) is 7.94. The van der Waals surface area contributed by atoms with Gasteiger partial charge in [0.1, 0.15) is 5.41 Å². The first-order valence-electron chi connectivity index (χ1n) is 7.63. The first-order chi connectivity index (χ1) is 11.4. The van der Waals surface area contributed by atoms with Crippen LogP contribution in [0, 0.1) is 0 Å². The van der Waals surface area contributed by atoms with E-state index < -0.39 is 11.6 Å². The van der Waals surface area contributed by atoms with E-state index in [1.165, 1.54) is 40.7 Å². The molecule has 2 aliphatic rings. The Bertz CT molecular complexity index is 729. The topological polar surface area (TPSA) is 16.1 Å². The van der Waals surface area contributed by atoms with E-state index in [1.54, 1.807) is 18.2 Å². The summed E-state index contributed by atoms with van der Waals surface area (Å²) in [5.41, 5.74) is -1.02. The predicted molar refractivity (Wildman–Crippen MR) is 91.0 cm³/mol. The van der Waals surface area contributed by atoms with Gasteiger partial charge in [-0.05, 0) is 30.5 Å². The number of benzene rings is 1. The monoisotopic (exact) mass is 370 g/mol. The van der Waals surface area contributed by atoms with Crippen LogP contribution >= 0.6 is 23.5 Å². The lowest BCUT2D eigenvalue weighted by molar-refractivity contribution is -0.171. The minimum absolute atomic E-state index is 0.0417. The molecule has 1 aliphatic carbocycles. The normalized spacial score (nSPS) is 22.9. The summed E-state index contributed by atoms with van der Waals surface area (Å²) in [7, 11) is 0. The van der Waals surface area contributed by atoms with Crippen LogP contribution in [0.15, 0.2) is 42.7 Å². The van der Waals surface area contributed by atoms with E-state index in [2.05, 4.69) is 4.98 Å². The Balaban J connectivity index is 1.98. The molecule has 2 nitrogen and oxygen atoms in total. The van der Waals surface area contributed by atoms with Crippen molar-refractivity contribution in [1.82, 2.24) is 4.98 Å². The Kier molecular flexibility index (Phi) is 3.73. The SMILES string of the molecule is FC(F)(F)C1(CSC2CC2)c2ccccc2N(Cl)c2cnccc21. The summed E-state index contributed by atoms with van der Waals surface area (Å²) in [6.07, 6.45) is 0.357. The molecule has 1 unspecified atom stereocenters. The van der Waals surface area contributed by atoms with E-state index in [0.717, 1.165) is 12.8 Å². The zero-order valence-electron chi connectivity index (χ0n) is 12.6. The maximum absolute atomic E-state index is 14.5. The molecule has 0 spiro atoms. The number of alkyl halides is 3. The van der Waals surface area contributed by atoms with E-state index >= 15 is 0 Å². The lowest BCUT2D eigenvalue weighted by Gasteiger charge is -2.43. The molecule has 1 aromatic carbocycles. The summed E-state index contributed by atoms with van der Waals surface area (Å²) in [5.74, 6) is -0.0417. The fraction of sp³-hybridized carbons (Fsp3) is 0.353. The van der Waals surface area contributed by atoms with Crippen molar-refractivity contribution in [2.24, 2.45) is 0 Å². The Morgan fingerprint density at radius 3 is 2.58 bits per heavy atom. The van der Waals surface area contributed by atoms with Crippen LogP contribution in [-0.4, -0.2) is 22.2 Å². The third kappa shape index (κ3) is 2.30. The van der Waals surface area contributed by atoms with Gasteiger partial charge in [-0.1, -0.05) is 18.2 Å². The van der Waals surface area contributed by atoms with Gasteiger partial charge in [0.2, 0.25) is 0 Å². The molecule has 0 bridgehead atoms. The number of halogens is 4. The summed E-state index contributed by atoms with van der Waals surface area (Å²) < 4.78 is 44.7. The molecule has 2 heterocycles. The van der Waals surface area contributed by atoms with Crippen LogP contribution in [-0.2, 0) is 5.41 Å². The van der Waals surface area contributed by atoms with Gasteiger partial charge in [-0.25, -0.2) is 0 Å². The second-order valence-electron chi connectivity index (χ2n) is 6.10. The van der Waals surface area contributed by atoms with Crippen LogP contribution in [0.25, 0.3) is 0 Å². The molecule has 0 amide bonds. The van der Waals surface area contributed by atoms with Crippen LogP contribution in [0.2, 0.25) is 0 Å². The van der Waals surface area contributed by atoms with Crippen molar-refractivity contribution in [1.29, 1.82) is 0 Å². The molecule has 0 saturated heterocycles. The zero-order chi connectivity index (χ0) is 16.9. The maximum atomic E-state index is 14.5. The van der Waals surface area contributed by atoms with Crippen LogP contribution in [0.1, 0.15) is 24.0 Å². The van der Waals surface area contributed by atoms with Crippen molar-refractivity contribution in [2.75, 3.05) is 10.2 Å². The highest BCUT2D eigenvalue weighted by atomic mass is 35.5. The molecule has 0 N–H and O–H groups in total. The third-order valence-corrected chi connectivity index (χ3v) is 6.50. The van der Waals surface area contributed by atoms with Gasteiger partial charge in [-0.3, -0.25) is 9.40 Å². The quantitative estimate of drug-likeness (QED) is 0.670. The second kappa shape index (κ2) is 5.56. The van der Waals surface area contributed by atoms with Gasteiger partial charge in [0.05, 0.1) is 17.6 Å². The molecule has 0 radical (unpaired) electrons. The summed E-state index contributed by atoms with van der Waals surface area (Å²) in [6.45, 7) is 0. The first-order valence-corrected chi connectivity index (χ1v) is 9.02. The summed E-state index contributed by atoms with van der Waals surface area (Å²) >= 11 is 7.75. The van der Waals surface area contributed by atoms with Gasteiger partial charge >= 0.3 is 6.18 Å². The maximum Gasteiger partial charge on any atom is 0.403 e. The average molecular weight is 371 g/mol. The number of fused-ring (bicyclic) bond motifs is 2. The number of aromatic nitrogens is 1. The van der Waals surface area contributed by atoms with Crippen molar-refractivity contribution in [2.45, 2.75) is 29.7 Å². The number of hydrogen-bond acceptors (Lipinski definition) is 3. The molecule has 126 valence electrons. The molecule has 4 rings (SSSR count). The van der Waals surface area contributed by atoms with Crippen LogP contribution < -0.4 is 4.42 Å². The van der Waals surface area contributed by atoms with Crippen molar-refractivity contribution in [3.8, 4) is 0 Å². The van der Waals surface area contributed by atoms with Gasteiger partial charge in [0, 0.05) is 34.5 Å². The number of anilines is 2. The lowest BCUT2D eigenvalue weighted by Crippen LogP contribution is -2.49. The molecule has 7 heteroatoms. The van der Waals surface area contributed by atoms with Gasteiger partial charge in [0.25, 0.3) is 0 Å². The third-order valence-electron chi connectivity index (χ3n) is 4.59. The largest absolute Gasteiger partial charge is 0.403 e. The Morgan fingerprint density at radius 2 is 1.88 bits per heavy atom. The second-order valence-corrected chi connectivity index (χ2v) is 7.73. The summed E-state index contributed by atoms with van der Waals surface area (Å²) in [5, 5.41) is 0.329. The van der Waals surface area contributed by atoms with Crippen molar-refractivity contribution in [3.05, 3.63) is 53.9 Å². The lowest BCUT2D eigenvalue weighted by atomic mass is 9.72. The van der Waals surface area contributed by atoms with Crippen molar-refractivity contribution in [3.63, 3.8) is 0 Å². The molecule has 2 aromatic rings. The fourth-order valence-electron chi connectivity index (χ4n) is 3.20. The average Bonchev–Trinajstić information content (AvgIpc) is 3.38. The number of thioether (sulfide) groups is 1. The molecule has 1 fully saturated rings. The van der Waals surface area contributed by atoms with Crippen molar-refractivity contribution < 1.29 is 13.2 Å². The zero-order valence-corrected chi connectivity index (χ0v) is 14.1. The van der Waals surface area contributed by atoms with E-state index in [-0.39, 0.29) is 16.9 Å². The van der Waals surface area contributed by atoms with Gasteiger partial charge < -0.3 is 0 Å². The van der Waals surface area contributed by atoms with Gasteiger partial charge in [-0.2, -0.15) is 24.9 Å². The smallest absolute Gasteiger partial charge is 0.262 e. The van der Waals surface area contributed by atoms with Gasteiger partial charge in [-0.15, -0.1) is 0 Å². The van der Waals surface area contributed by atoms with E-state index in [0.29, 0.717) is 16.6 Å². The fourth-order valence-corrected chi connectivity index (χ4v) is 4.92.